The lowest BCUT2D eigenvalue weighted by Gasteiger charge is -2.39. The van der Waals surface area contributed by atoms with E-state index in [0.29, 0.717) is 0 Å². The summed E-state index contributed by atoms with van der Waals surface area (Å²) in [5, 5.41) is 0. The quantitative estimate of drug-likeness (QED) is 0.686. The van der Waals surface area contributed by atoms with Crippen LogP contribution in [0, 0.1) is 17.8 Å². The summed E-state index contributed by atoms with van der Waals surface area (Å²) >= 11 is 0. The van der Waals surface area contributed by atoms with E-state index in [9.17, 15) is 0 Å². The highest BCUT2D eigenvalue weighted by Crippen LogP contribution is 2.30. The first-order valence-electron chi connectivity index (χ1n) is 6.20. The molecule has 3 nitrogen and oxygen atoms in total. The van der Waals surface area contributed by atoms with Crippen LogP contribution in [-0.4, -0.2) is 44.3 Å². The fraction of sp³-hybridized carbons (Fsp3) is 0.846. The van der Waals surface area contributed by atoms with Crippen molar-refractivity contribution in [1.82, 2.24) is 4.90 Å². The van der Waals surface area contributed by atoms with Gasteiger partial charge in [0.25, 0.3) is 0 Å². The van der Waals surface area contributed by atoms with Gasteiger partial charge in [-0.05, 0) is 37.8 Å². The van der Waals surface area contributed by atoms with Gasteiger partial charge >= 0.3 is 0 Å². The molecule has 0 atom stereocenters. The minimum Gasteiger partial charge on any atom is -0.381 e. The Balaban J connectivity index is 2.54. The molecule has 1 heterocycles. The monoisotopic (exact) mass is 224 g/mol. The van der Waals surface area contributed by atoms with Gasteiger partial charge in [0.2, 0.25) is 0 Å². The highest BCUT2D eigenvalue weighted by Gasteiger charge is 2.32. The summed E-state index contributed by atoms with van der Waals surface area (Å²) in [6, 6.07) is 0. The van der Waals surface area contributed by atoms with Gasteiger partial charge < -0.3 is 10.5 Å². The molecule has 1 fully saturated rings. The molecule has 1 aliphatic heterocycles. The molecule has 0 saturated carbocycles. The molecule has 0 aromatic rings. The van der Waals surface area contributed by atoms with Gasteiger partial charge in [-0.15, -0.1) is 6.42 Å². The molecule has 1 aliphatic rings. The van der Waals surface area contributed by atoms with Gasteiger partial charge in [-0.1, -0.05) is 12.8 Å². The number of ether oxygens (including phenoxy) is 1. The topological polar surface area (TPSA) is 38.5 Å². The van der Waals surface area contributed by atoms with Crippen LogP contribution >= 0.6 is 0 Å². The lowest BCUT2D eigenvalue weighted by Crippen LogP contribution is -2.46. The zero-order valence-corrected chi connectivity index (χ0v) is 10.4. The second kappa shape index (κ2) is 6.90. The molecule has 16 heavy (non-hydrogen) atoms. The highest BCUT2D eigenvalue weighted by atomic mass is 16.5. The third-order valence-corrected chi connectivity index (χ3v) is 3.40. The maximum Gasteiger partial charge on any atom is 0.0599 e. The Kier molecular flexibility index (Phi) is 5.83. The third-order valence-electron chi connectivity index (χ3n) is 3.40. The number of hydrogen-bond donors (Lipinski definition) is 1. The number of nitrogens with two attached hydrogens (primary N) is 1. The molecule has 1 saturated heterocycles. The first-order chi connectivity index (χ1) is 7.76. The standard InChI is InChI=1S/C13H24N2O/c1-3-7-15(8-4-2)12-13(11-14)5-9-16-10-6-13/h1H,4-12,14H2,2H3. The van der Waals surface area contributed by atoms with Crippen LogP contribution < -0.4 is 5.73 Å². The van der Waals surface area contributed by atoms with Crippen LogP contribution in [0.3, 0.4) is 0 Å². The molecule has 3 heteroatoms. The molecule has 0 aliphatic carbocycles. The SMILES string of the molecule is C#CCN(CCC)CC1(CN)CCOCC1. The summed E-state index contributed by atoms with van der Waals surface area (Å²) in [7, 11) is 0. The highest BCUT2D eigenvalue weighted by molar-refractivity contribution is 4.92. The van der Waals surface area contributed by atoms with Gasteiger partial charge in [0.1, 0.15) is 0 Å². The molecule has 1 rings (SSSR count). The molecule has 92 valence electrons. The fourth-order valence-corrected chi connectivity index (χ4v) is 2.36. The maximum atomic E-state index is 5.94. The molecular weight excluding hydrogens is 200 g/mol. The Bertz CT molecular complexity index is 229. The van der Waals surface area contributed by atoms with E-state index >= 15 is 0 Å². The lowest BCUT2D eigenvalue weighted by molar-refractivity contribution is 0.00189. The van der Waals surface area contributed by atoms with Crippen molar-refractivity contribution in [1.29, 1.82) is 0 Å². The summed E-state index contributed by atoms with van der Waals surface area (Å²) < 4.78 is 5.41. The molecule has 0 radical (unpaired) electrons. The van der Waals surface area contributed by atoms with Crippen molar-refractivity contribution in [3.05, 3.63) is 0 Å². The predicted molar refractivity (Wildman–Crippen MR) is 67.1 cm³/mol. The average Bonchev–Trinajstić information content (AvgIpc) is 2.31. The van der Waals surface area contributed by atoms with Crippen molar-refractivity contribution < 1.29 is 4.74 Å². The third kappa shape index (κ3) is 3.79. The predicted octanol–water partition coefficient (Wildman–Crippen LogP) is 1.09. The van der Waals surface area contributed by atoms with Crippen molar-refractivity contribution in [3.8, 4) is 12.3 Å². The number of terminal acetylenes is 1. The number of hydrogen-bond acceptors (Lipinski definition) is 3. The van der Waals surface area contributed by atoms with Gasteiger partial charge in [0.05, 0.1) is 6.54 Å². The first-order valence-corrected chi connectivity index (χ1v) is 6.20. The molecular formula is C13H24N2O. The summed E-state index contributed by atoms with van der Waals surface area (Å²) in [4.78, 5) is 2.35. The van der Waals surface area contributed by atoms with Gasteiger partial charge in [0, 0.05) is 19.8 Å². The zero-order chi connectivity index (χ0) is 11.9. The van der Waals surface area contributed by atoms with E-state index in [-0.39, 0.29) is 5.41 Å². The van der Waals surface area contributed by atoms with E-state index in [2.05, 4.69) is 17.7 Å². The van der Waals surface area contributed by atoms with Crippen molar-refractivity contribution in [3.63, 3.8) is 0 Å². The zero-order valence-electron chi connectivity index (χ0n) is 10.4. The van der Waals surface area contributed by atoms with Crippen molar-refractivity contribution in [2.45, 2.75) is 26.2 Å². The van der Waals surface area contributed by atoms with Gasteiger partial charge in [-0.25, -0.2) is 0 Å². The normalized spacial score (nSPS) is 19.6. The summed E-state index contributed by atoms with van der Waals surface area (Å²) in [6.45, 7) is 7.42. The van der Waals surface area contributed by atoms with Crippen LogP contribution in [0.5, 0.6) is 0 Å². The Labute approximate surface area is 99.3 Å². The molecule has 0 aromatic heterocycles. The average molecular weight is 224 g/mol. The Morgan fingerprint density at radius 3 is 2.62 bits per heavy atom. The summed E-state index contributed by atoms with van der Waals surface area (Å²) in [6.07, 6.45) is 8.67. The Hall–Kier alpha value is -0.560. The molecule has 0 spiro atoms. The van der Waals surface area contributed by atoms with Crippen LogP contribution in [0.2, 0.25) is 0 Å². The minimum atomic E-state index is 0.226. The summed E-state index contributed by atoms with van der Waals surface area (Å²) in [5.74, 6) is 2.74. The Morgan fingerprint density at radius 1 is 1.44 bits per heavy atom. The van der Waals surface area contributed by atoms with E-state index < -0.39 is 0 Å². The number of nitrogens with zero attached hydrogens (tertiary/aromatic N) is 1. The van der Waals surface area contributed by atoms with E-state index in [1.807, 2.05) is 0 Å². The van der Waals surface area contributed by atoms with E-state index in [0.717, 1.165) is 58.7 Å². The van der Waals surface area contributed by atoms with Crippen LogP contribution in [0.1, 0.15) is 26.2 Å². The second-order valence-electron chi connectivity index (χ2n) is 4.73. The molecule has 0 amide bonds. The smallest absolute Gasteiger partial charge is 0.0599 e. The molecule has 2 N–H and O–H groups in total. The lowest BCUT2D eigenvalue weighted by atomic mass is 9.79. The molecule has 0 unspecified atom stereocenters. The van der Waals surface area contributed by atoms with E-state index in [1.54, 1.807) is 0 Å². The van der Waals surface area contributed by atoms with Crippen molar-refractivity contribution in [2.24, 2.45) is 11.1 Å². The maximum absolute atomic E-state index is 5.94. The van der Waals surface area contributed by atoms with E-state index in [1.165, 1.54) is 0 Å². The van der Waals surface area contributed by atoms with Crippen LogP contribution in [0.4, 0.5) is 0 Å². The minimum absolute atomic E-state index is 0.226. The van der Waals surface area contributed by atoms with Gasteiger partial charge in [-0.3, -0.25) is 4.90 Å². The number of rotatable bonds is 6. The molecule has 0 bridgehead atoms. The van der Waals surface area contributed by atoms with Crippen LogP contribution in [0.25, 0.3) is 0 Å². The van der Waals surface area contributed by atoms with Crippen molar-refractivity contribution >= 4 is 0 Å². The van der Waals surface area contributed by atoms with Gasteiger partial charge in [-0.2, -0.15) is 0 Å². The van der Waals surface area contributed by atoms with Gasteiger partial charge in [0.15, 0.2) is 0 Å². The Morgan fingerprint density at radius 2 is 2.12 bits per heavy atom. The van der Waals surface area contributed by atoms with Crippen LogP contribution in [-0.2, 0) is 4.74 Å². The largest absolute Gasteiger partial charge is 0.381 e. The summed E-state index contributed by atoms with van der Waals surface area (Å²) in [5.41, 5.74) is 6.17. The van der Waals surface area contributed by atoms with E-state index in [4.69, 9.17) is 16.9 Å². The van der Waals surface area contributed by atoms with Crippen molar-refractivity contribution in [2.75, 3.05) is 39.4 Å². The fourth-order valence-electron chi connectivity index (χ4n) is 2.36. The second-order valence-corrected chi connectivity index (χ2v) is 4.73. The van der Waals surface area contributed by atoms with Crippen LogP contribution in [0.15, 0.2) is 0 Å². The first kappa shape index (κ1) is 13.5. The molecule has 0 aromatic carbocycles.